The smallest absolute Gasteiger partial charge is 0.0972 e. The van der Waals surface area contributed by atoms with Gasteiger partial charge in [-0.25, -0.2) is 9.97 Å². The fraction of sp³-hybridized carbons (Fsp3) is 0.250. The third-order valence-electron chi connectivity index (χ3n) is 15.1. The Hall–Kier alpha value is -4.66. The van der Waals surface area contributed by atoms with Crippen molar-refractivity contribution in [2.75, 3.05) is 0 Å². The summed E-state index contributed by atoms with van der Waals surface area (Å²) in [6.07, 6.45) is 8.16. The third kappa shape index (κ3) is 8.24. The third-order valence-corrected chi connectivity index (χ3v) is 27.1. The van der Waals surface area contributed by atoms with E-state index in [1.54, 1.807) is 0 Å². The van der Waals surface area contributed by atoms with E-state index >= 15 is 0 Å². The first-order valence-corrected chi connectivity index (χ1v) is 33.9. The zero-order chi connectivity index (χ0) is 51.2. The Bertz CT molecular complexity index is 4420. The Balaban J connectivity index is 1.13. The highest BCUT2D eigenvalue weighted by Crippen LogP contribution is 2.47. The molecule has 0 spiro atoms. The SMILES string of the molecule is CCc1c(CC)c2sc1c1ccc(s1)c1ccc3ccc4ccc(nc4c3n1)c1ccc(s1)c1sc(c(CC)c1CC)c1ccc(s1)c1sc(c(CC)c1CC)c1ccc(s1)c1sc(c(CC)c1CC)c1ccc2s1. The van der Waals surface area contributed by atoms with Crippen LogP contribution >= 0.6 is 102 Å². The molecule has 0 saturated carbocycles. The van der Waals surface area contributed by atoms with E-state index in [0.717, 1.165) is 84.2 Å². The topological polar surface area (TPSA) is 25.8 Å². The Kier molecular flexibility index (Phi) is 13.5. The molecule has 0 radical (unpaired) electrons. The van der Waals surface area contributed by atoms with Crippen LogP contribution in [-0.4, -0.2) is 9.97 Å². The predicted molar refractivity (Wildman–Crippen MR) is 350 cm³/mol. The highest BCUT2D eigenvalue weighted by Gasteiger charge is 2.20. The van der Waals surface area contributed by atoms with Crippen molar-refractivity contribution in [3.63, 3.8) is 0 Å². The van der Waals surface area contributed by atoms with Crippen LogP contribution in [0.2, 0.25) is 0 Å². The number of fused-ring (bicyclic) bond motifs is 30. The molecule has 75 heavy (non-hydrogen) atoms. The average molecular weight is 1140 g/mol. The second kappa shape index (κ2) is 20.3. The van der Waals surface area contributed by atoms with Gasteiger partial charge in [-0.15, -0.1) is 102 Å². The lowest BCUT2D eigenvalue weighted by atomic mass is 10.1. The molecule has 0 aliphatic heterocycles. The molecule has 0 N–H and O–H groups in total. The number of rotatable bonds is 8. The summed E-state index contributed by atoms with van der Waals surface area (Å²) in [5, 5.41) is 2.22. The molecule has 0 saturated heterocycles. The van der Waals surface area contributed by atoms with Gasteiger partial charge in [0.2, 0.25) is 0 Å². The molecule has 1 aromatic carbocycles. The fourth-order valence-corrected chi connectivity index (χ4v) is 23.6. The molecule has 11 heteroatoms. The van der Waals surface area contributed by atoms with Gasteiger partial charge >= 0.3 is 0 Å². The number of pyridine rings is 2. The van der Waals surface area contributed by atoms with E-state index in [0.29, 0.717) is 0 Å². The highest BCUT2D eigenvalue weighted by molar-refractivity contribution is 7.38. The fourth-order valence-electron chi connectivity index (χ4n) is 11.6. The summed E-state index contributed by atoms with van der Waals surface area (Å²) in [6.45, 7) is 18.8. The summed E-state index contributed by atoms with van der Waals surface area (Å²) in [5.74, 6) is 0. The number of aryl methyl sites for hydroxylation is 8. The van der Waals surface area contributed by atoms with Crippen molar-refractivity contribution in [3.8, 4) is 0 Å². The monoisotopic (exact) mass is 1140 g/mol. The first-order valence-electron chi connectivity index (χ1n) is 26.6. The molecule has 0 aliphatic carbocycles. The summed E-state index contributed by atoms with van der Waals surface area (Å²) < 4.78 is 24.9. The molecule has 13 aromatic rings. The molecular formula is C64H56N2S9. The number of hydrogen-bond donors (Lipinski definition) is 0. The zero-order valence-electron chi connectivity index (χ0n) is 43.5. The highest BCUT2D eigenvalue weighted by atomic mass is 32.1. The van der Waals surface area contributed by atoms with Crippen molar-refractivity contribution in [1.82, 2.24) is 9.97 Å². The van der Waals surface area contributed by atoms with E-state index in [2.05, 4.69) is 152 Å². The van der Waals surface area contributed by atoms with E-state index in [1.165, 1.54) is 129 Å². The Labute approximate surface area is 473 Å². The van der Waals surface area contributed by atoms with Gasteiger partial charge in [0.15, 0.2) is 0 Å². The van der Waals surface area contributed by atoms with Gasteiger partial charge in [0, 0.05) is 86.0 Å². The molecule has 12 heterocycles. The van der Waals surface area contributed by atoms with E-state index in [4.69, 9.17) is 9.97 Å². The summed E-state index contributed by atoms with van der Waals surface area (Å²) in [4.78, 5) is 10.9. The maximum absolute atomic E-state index is 5.45. The van der Waals surface area contributed by atoms with Crippen LogP contribution in [0, 0.1) is 0 Å². The minimum absolute atomic E-state index is 0.958. The van der Waals surface area contributed by atoms with Gasteiger partial charge in [0.05, 0.1) is 31.5 Å². The van der Waals surface area contributed by atoms with E-state index in [-0.39, 0.29) is 0 Å². The number of hydrogen-bond acceptors (Lipinski definition) is 11. The molecule has 0 amide bonds. The Morgan fingerprint density at radius 3 is 0.627 bits per heavy atom. The summed E-state index contributed by atoms with van der Waals surface area (Å²) in [7, 11) is 0. The molecular weight excluding hydrogens is 1090 g/mol. The molecule has 376 valence electrons. The van der Waals surface area contributed by atoms with Gasteiger partial charge in [-0.05, 0) is 169 Å². The van der Waals surface area contributed by atoms with Crippen molar-refractivity contribution in [1.29, 1.82) is 0 Å². The summed E-state index contributed by atoms with van der Waals surface area (Å²) in [5.41, 5.74) is 16.0. The normalized spacial score (nSPS) is 12.2. The van der Waals surface area contributed by atoms with Gasteiger partial charge in [0.25, 0.3) is 0 Å². The Morgan fingerprint density at radius 2 is 0.413 bits per heavy atom. The van der Waals surface area contributed by atoms with Crippen LogP contribution in [0.25, 0.3) is 117 Å². The van der Waals surface area contributed by atoms with Crippen LogP contribution in [0.15, 0.2) is 97.1 Å². The van der Waals surface area contributed by atoms with Crippen molar-refractivity contribution in [3.05, 3.63) is 142 Å². The maximum atomic E-state index is 5.45. The second-order valence-corrected chi connectivity index (χ2v) is 28.6. The lowest BCUT2D eigenvalue weighted by Gasteiger charge is -2.03. The first kappa shape index (κ1) is 49.9. The molecule has 0 atom stereocenters. The number of benzene rings is 1. The molecule has 13 rings (SSSR count). The number of aromatic nitrogens is 2. The van der Waals surface area contributed by atoms with Gasteiger partial charge in [-0.3, -0.25) is 0 Å². The van der Waals surface area contributed by atoms with Crippen LogP contribution in [-0.2, 0) is 51.4 Å². The van der Waals surface area contributed by atoms with Crippen molar-refractivity contribution in [2.45, 2.75) is 107 Å². The minimum atomic E-state index is 0.958. The lowest BCUT2D eigenvalue weighted by Crippen LogP contribution is -1.86. The quantitative estimate of drug-likeness (QED) is 0.142. The Morgan fingerprint density at radius 1 is 0.227 bits per heavy atom. The summed E-state index contributed by atoms with van der Waals surface area (Å²) in [6, 6.07) is 37.1. The van der Waals surface area contributed by atoms with Gasteiger partial charge in [-0.1, -0.05) is 79.7 Å². The zero-order valence-corrected chi connectivity index (χ0v) is 50.8. The van der Waals surface area contributed by atoms with Crippen molar-refractivity contribution < 1.29 is 0 Å². The van der Waals surface area contributed by atoms with E-state index < -0.39 is 0 Å². The second-order valence-electron chi connectivity index (χ2n) is 19.1. The van der Waals surface area contributed by atoms with Crippen LogP contribution in [0.5, 0.6) is 0 Å². The standard InChI is InChI=1S/C64H56N2S9/c1-9-35-37(11-3)59-49-27-29-51(69-49)61-39(13-5)41(15-7)63(74-61)53-31-32-54(71-53)64-42(16-8)40(14-6)62(75-64)52-30-28-50(70-52)60-38(12-4)36(10-2)58(73-60)48-26-24-46(68-48)44-22-20-34-18-17-33-19-21-43(65-55(33)56(34)66-44)45-23-25-47(67-45)57(35)72-59/h17-32H,9-16H2,1-8H3. The predicted octanol–water partition coefficient (Wildman–Crippen LogP) is 23.3. The number of nitrogens with zero attached hydrogens (tertiary/aromatic N) is 2. The van der Waals surface area contributed by atoms with E-state index in [9.17, 15) is 0 Å². The molecule has 2 nitrogen and oxygen atoms in total. The van der Waals surface area contributed by atoms with Gasteiger partial charge in [0.1, 0.15) is 0 Å². The van der Waals surface area contributed by atoms with Crippen molar-refractivity contribution in [2.24, 2.45) is 0 Å². The largest absolute Gasteiger partial charge is 0.245 e. The lowest BCUT2D eigenvalue weighted by molar-refractivity contribution is 1.07. The molecule has 0 aliphatic rings. The van der Waals surface area contributed by atoms with Gasteiger partial charge < -0.3 is 0 Å². The molecule has 22 bridgehead atoms. The first-order chi connectivity index (χ1) is 36.8. The molecule has 0 unspecified atom stereocenters. The van der Waals surface area contributed by atoms with Crippen LogP contribution in [0.4, 0.5) is 0 Å². The number of thiophene rings is 9. The molecule has 0 fully saturated rings. The summed E-state index contributed by atoms with van der Waals surface area (Å²) >= 11 is 17.8. The van der Waals surface area contributed by atoms with Crippen LogP contribution < -0.4 is 0 Å². The van der Waals surface area contributed by atoms with Crippen molar-refractivity contribution >= 4 is 219 Å². The molecule has 12 aromatic heterocycles. The maximum Gasteiger partial charge on any atom is 0.0972 e. The van der Waals surface area contributed by atoms with Gasteiger partial charge in [-0.2, -0.15) is 0 Å². The van der Waals surface area contributed by atoms with Crippen LogP contribution in [0.3, 0.4) is 0 Å². The minimum Gasteiger partial charge on any atom is -0.245 e. The van der Waals surface area contributed by atoms with Crippen LogP contribution in [0.1, 0.15) is 99.9 Å². The van der Waals surface area contributed by atoms with E-state index in [1.807, 2.05) is 102 Å². The average Bonchev–Trinajstić information content (AvgIpc) is 4.29.